The highest BCUT2D eigenvalue weighted by molar-refractivity contribution is 5.34. The zero-order chi connectivity index (χ0) is 17.2. The number of aliphatic hydroxyl groups is 1. The molecular weight excluding hydrogens is 300 g/mol. The molecule has 1 aliphatic heterocycles. The van der Waals surface area contributed by atoms with E-state index in [1.165, 1.54) is 5.56 Å². The van der Waals surface area contributed by atoms with Crippen LogP contribution in [0.4, 0.5) is 0 Å². The minimum atomic E-state index is -0.244. The second-order valence-electron chi connectivity index (χ2n) is 7.65. The van der Waals surface area contributed by atoms with Crippen molar-refractivity contribution in [3.05, 3.63) is 47.8 Å². The van der Waals surface area contributed by atoms with Crippen LogP contribution in [0.2, 0.25) is 0 Å². The van der Waals surface area contributed by atoms with Crippen LogP contribution in [0, 0.1) is 5.92 Å². The van der Waals surface area contributed by atoms with Gasteiger partial charge in [-0.15, -0.1) is 0 Å². The number of benzene rings is 1. The molecule has 0 aliphatic carbocycles. The highest BCUT2D eigenvalue weighted by Crippen LogP contribution is 2.25. The molecule has 0 bridgehead atoms. The van der Waals surface area contributed by atoms with Gasteiger partial charge >= 0.3 is 0 Å². The Morgan fingerprint density at radius 2 is 2.00 bits per heavy atom. The number of nitrogens with zero attached hydrogens (tertiary/aromatic N) is 2. The summed E-state index contributed by atoms with van der Waals surface area (Å²) in [5.74, 6) is 0.284. The number of para-hydroxylation sites is 1. The molecule has 2 aromatic rings. The van der Waals surface area contributed by atoms with Gasteiger partial charge in [0.1, 0.15) is 0 Å². The fraction of sp³-hybridized carbons (Fsp3) is 0.526. The Morgan fingerprint density at radius 3 is 2.62 bits per heavy atom. The molecule has 2 atom stereocenters. The molecule has 0 amide bonds. The average molecular weight is 328 g/mol. The molecule has 1 aromatic carbocycles. The topological polar surface area (TPSA) is 62.1 Å². The van der Waals surface area contributed by atoms with Crippen LogP contribution in [0.15, 0.2) is 36.5 Å². The summed E-state index contributed by atoms with van der Waals surface area (Å²) in [6.45, 7) is 9.74. The van der Waals surface area contributed by atoms with Crippen LogP contribution >= 0.6 is 0 Å². The highest BCUT2D eigenvalue weighted by atomic mass is 16.3. The Hall–Kier alpha value is -1.69. The Balaban J connectivity index is 1.74. The lowest BCUT2D eigenvalue weighted by atomic mass is 9.89. The SMILES string of the molecule is CC(C)(C)c1nn(-c2ccccc2)cc1CNCC1CNCC1O. The zero-order valence-corrected chi connectivity index (χ0v) is 14.8. The summed E-state index contributed by atoms with van der Waals surface area (Å²) in [7, 11) is 0. The molecule has 3 rings (SSSR count). The van der Waals surface area contributed by atoms with Crippen molar-refractivity contribution in [2.45, 2.75) is 38.8 Å². The molecule has 0 radical (unpaired) electrons. The number of aromatic nitrogens is 2. The van der Waals surface area contributed by atoms with E-state index in [0.29, 0.717) is 6.54 Å². The van der Waals surface area contributed by atoms with Crippen molar-refractivity contribution in [1.82, 2.24) is 20.4 Å². The van der Waals surface area contributed by atoms with Crippen LogP contribution in [0.3, 0.4) is 0 Å². The third-order valence-corrected chi connectivity index (χ3v) is 4.55. The number of hydrogen-bond acceptors (Lipinski definition) is 4. The third kappa shape index (κ3) is 3.86. The van der Waals surface area contributed by atoms with Crippen LogP contribution in [0.25, 0.3) is 5.69 Å². The van der Waals surface area contributed by atoms with E-state index in [1.54, 1.807) is 0 Å². The number of aliphatic hydroxyl groups excluding tert-OH is 1. The van der Waals surface area contributed by atoms with E-state index in [2.05, 4.69) is 49.7 Å². The van der Waals surface area contributed by atoms with Gasteiger partial charge in [-0.1, -0.05) is 39.0 Å². The van der Waals surface area contributed by atoms with E-state index in [-0.39, 0.29) is 17.4 Å². The van der Waals surface area contributed by atoms with Gasteiger partial charge < -0.3 is 15.7 Å². The fourth-order valence-electron chi connectivity index (χ4n) is 3.20. The normalized spacial score (nSPS) is 21.3. The van der Waals surface area contributed by atoms with Gasteiger partial charge in [-0.25, -0.2) is 4.68 Å². The largest absolute Gasteiger partial charge is 0.391 e. The molecule has 5 heteroatoms. The van der Waals surface area contributed by atoms with E-state index in [1.807, 2.05) is 22.9 Å². The van der Waals surface area contributed by atoms with Crippen molar-refractivity contribution in [2.75, 3.05) is 19.6 Å². The van der Waals surface area contributed by atoms with E-state index < -0.39 is 0 Å². The standard InChI is InChI=1S/C19H28N4O/c1-19(2,3)18-15(11-20-9-14-10-21-12-17(14)24)13-23(22-18)16-7-5-4-6-8-16/h4-8,13-14,17,20-21,24H,9-12H2,1-3H3. The Kier molecular flexibility index (Phi) is 5.04. The molecule has 3 N–H and O–H groups in total. The van der Waals surface area contributed by atoms with Crippen molar-refractivity contribution in [1.29, 1.82) is 0 Å². The fourth-order valence-corrected chi connectivity index (χ4v) is 3.20. The summed E-state index contributed by atoms with van der Waals surface area (Å²) in [5, 5.41) is 21.5. The first-order valence-electron chi connectivity index (χ1n) is 8.69. The monoisotopic (exact) mass is 328 g/mol. The first kappa shape index (κ1) is 17.1. The summed E-state index contributed by atoms with van der Waals surface area (Å²) >= 11 is 0. The summed E-state index contributed by atoms with van der Waals surface area (Å²) < 4.78 is 1.96. The number of hydrogen-bond donors (Lipinski definition) is 3. The molecule has 0 spiro atoms. The molecule has 5 nitrogen and oxygen atoms in total. The molecule has 1 saturated heterocycles. The van der Waals surface area contributed by atoms with Gasteiger partial charge in [0.25, 0.3) is 0 Å². The second-order valence-corrected chi connectivity index (χ2v) is 7.65. The summed E-state index contributed by atoms with van der Waals surface area (Å²) in [6, 6.07) is 10.2. The maximum absolute atomic E-state index is 9.90. The zero-order valence-electron chi connectivity index (χ0n) is 14.8. The lowest BCUT2D eigenvalue weighted by Crippen LogP contribution is -2.30. The molecule has 1 aromatic heterocycles. The van der Waals surface area contributed by atoms with Gasteiger partial charge in [-0.3, -0.25) is 0 Å². The quantitative estimate of drug-likeness (QED) is 0.784. The summed E-state index contributed by atoms with van der Waals surface area (Å²) in [5.41, 5.74) is 3.39. The smallest absolute Gasteiger partial charge is 0.0727 e. The van der Waals surface area contributed by atoms with Gasteiger partial charge in [-0.2, -0.15) is 5.10 Å². The maximum atomic E-state index is 9.90. The predicted molar refractivity (Wildman–Crippen MR) is 96.3 cm³/mol. The summed E-state index contributed by atoms with van der Waals surface area (Å²) in [4.78, 5) is 0. The number of nitrogens with one attached hydrogen (secondary N) is 2. The predicted octanol–water partition coefficient (Wildman–Crippen LogP) is 1.84. The molecule has 2 heterocycles. The average Bonchev–Trinajstić information content (AvgIpc) is 3.15. The lowest BCUT2D eigenvalue weighted by molar-refractivity contribution is 0.146. The van der Waals surface area contributed by atoms with Crippen molar-refractivity contribution < 1.29 is 5.11 Å². The van der Waals surface area contributed by atoms with Gasteiger partial charge in [0.05, 0.1) is 17.5 Å². The van der Waals surface area contributed by atoms with Gasteiger partial charge in [0.2, 0.25) is 0 Å². The van der Waals surface area contributed by atoms with Crippen LogP contribution < -0.4 is 10.6 Å². The maximum Gasteiger partial charge on any atom is 0.0727 e. The van der Waals surface area contributed by atoms with Gasteiger partial charge in [0.15, 0.2) is 0 Å². The molecule has 1 aliphatic rings. The van der Waals surface area contributed by atoms with Crippen LogP contribution in [0.1, 0.15) is 32.0 Å². The number of β-amino-alcohol motifs (C(OH)–C–C–N with tert-alkyl or cyclic N) is 1. The Labute approximate surface area is 144 Å². The minimum Gasteiger partial charge on any atom is -0.391 e. The van der Waals surface area contributed by atoms with Crippen molar-refractivity contribution in [3.63, 3.8) is 0 Å². The first-order valence-corrected chi connectivity index (χ1v) is 8.69. The first-order chi connectivity index (χ1) is 11.4. The molecule has 2 unspecified atom stereocenters. The van der Waals surface area contributed by atoms with Gasteiger partial charge in [-0.05, 0) is 12.1 Å². The van der Waals surface area contributed by atoms with Crippen molar-refractivity contribution >= 4 is 0 Å². The summed E-state index contributed by atoms with van der Waals surface area (Å²) in [6.07, 6.45) is 1.87. The van der Waals surface area contributed by atoms with E-state index in [9.17, 15) is 5.11 Å². The van der Waals surface area contributed by atoms with E-state index >= 15 is 0 Å². The minimum absolute atomic E-state index is 0.00846. The third-order valence-electron chi connectivity index (χ3n) is 4.55. The van der Waals surface area contributed by atoms with Crippen LogP contribution in [0.5, 0.6) is 0 Å². The highest BCUT2D eigenvalue weighted by Gasteiger charge is 2.25. The Morgan fingerprint density at radius 1 is 1.25 bits per heavy atom. The lowest BCUT2D eigenvalue weighted by Gasteiger charge is -2.18. The van der Waals surface area contributed by atoms with E-state index in [0.717, 1.165) is 31.0 Å². The number of rotatable bonds is 5. The molecule has 130 valence electrons. The Bertz CT molecular complexity index is 660. The molecule has 24 heavy (non-hydrogen) atoms. The molecular formula is C19H28N4O. The van der Waals surface area contributed by atoms with E-state index in [4.69, 9.17) is 5.10 Å². The second kappa shape index (κ2) is 7.05. The van der Waals surface area contributed by atoms with Crippen LogP contribution in [-0.4, -0.2) is 40.6 Å². The van der Waals surface area contributed by atoms with Crippen molar-refractivity contribution in [3.8, 4) is 5.69 Å². The van der Waals surface area contributed by atoms with Crippen LogP contribution in [-0.2, 0) is 12.0 Å². The van der Waals surface area contributed by atoms with Gasteiger partial charge in [0, 0.05) is 49.3 Å². The van der Waals surface area contributed by atoms with Crippen molar-refractivity contribution in [2.24, 2.45) is 5.92 Å². The molecule has 0 saturated carbocycles. The molecule has 1 fully saturated rings.